The summed E-state index contributed by atoms with van der Waals surface area (Å²) in [4.78, 5) is 11.3. The monoisotopic (exact) mass is 208 g/mol. The Labute approximate surface area is 89.3 Å². The summed E-state index contributed by atoms with van der Waals surface area (Å²) in [5, 5.41) is 13.8. The molecule has 1 rings (SSSR count). The number of anilines is 1. The van der Waals surface area contributed by atoms with Gasteiger partial charge in [-0.15, -0.1) is 0 Å². The molecule has 0 fully saturated rings. The van der Waals surface area contributed by atoms with Crippen molar-refractivity contribution in [2.45, 2.75) is 13.8 Å². The summed E-state index contributed by atoms with van der Waals surface area (Å²) in [5.41, 5.74) is 2.91. The van der Waals surface area contributed by atoms with Crippen LogP contribution in [0.25, 0.3) is 0 Å². The standard InChI is InChI=1S/C11H16N2O2/c1-8-3-4-9(2)10(7-8)13-11(15)12-5-6-14/h3-4,7,14H,5-6H2,1-2H3,(H2,12,13,15). The molecule has 1 aromatic rings. The molecule has 3 N–H and O–H groups in total. The molecule has 0 saturated carbocycles. The Morgan fingerprint density at radius 1 is 1.40 bits per heavy atom. The number of hydrogen-bond acceptors (Lipinski definition) is 2. The Balaban J connectivity index is 2.63. The molecule has 82 valence electrons. The smallest absolute Gasteiger partial charge is 0.319 e. The zero-order chi connectivity index (χ0) is 11.3. The number of carbonyl (C=O) groups is 1. The molecule has 0 aliphatic rings. The van der Waals surface area contributed by atoms with Crippen molar-refractivity contribution < 1.29 is 9.90 Å². The van der Waals surface area contributed by atoms with Gasteiger partial charge in [-0.3, -0.25) is 0 Å². The fraction of sp³-hybridized carbons (Fsp3) is 0.364. The first kappa shape index (κ1) is 11.5. The largest absolute Gasteiger partial charge is 0.395 e. The Bertz CT molecular complexity index is 350. The second kappa shape index (κ2) is 5.36. The van der Waals surface area contributed by atoms with Crippen LogP contribution < -0.4 is 10.6 Å². The topological polar surface area (TPSA) is 61.4 Å². The molecule has 0 bridgehead atoms. The predicted molar refractivity (Wildman–Crippen MR) is 60.0 cm³/mol. The van der Waals surface area contributed by atoms with Crippen LogP contribution in [-0.2, 0) is 0 Å². The third-order valence-electron chi connectivity index (χ3n) is 2.04. The third-order valence-corrected chi connectivity index (χ3v) is 2.04. The number of aryl methyl sites for hydroxylation is 2. The maximum absolute atomic E-state index is 11.3. The van der Waals surface area contributed by atoms with Gasteiger partial charge in [-0.25, -0.2) is 4.79 Å². The van der Waals surface area contributed by atoms with Crippen LogP contribution in [0.4, 0.5) is 10.5 Å². The van der Waals surface area contributed by atoms with Gasteiger partial charge in [-0.1, -0.05) is 12.1 Å². The minimum Gasteiger partial charge on any atom is -0.395 e. The number of amides is 2. The molecule has 0 unspecified atom stereocenters. The van der Waals surface area contributed by atoms with Crippen molar-refractivity contribution in [3.63, 3.8) is 0 Å². The van der Waals surface area contributed by atoms with E-state index >= 15 is 0 Å². The number of benzene rings is 1. The van der Waals surface area contributed by atoms with E-state index in [0.29, 0.717) is 0 Å². The van der Waals surface area contributed by atoms with E-state index in [4.69, 9.17) is 5.11 Å². The van der Waals surface area contributed by atoms with Crippen LogP contribution in [0, 0.1) is 13.8 Å². The summed E-state index contributed by atoms with van der Waals surface area (Å²) in [7, 11) is 0. The van der Waals surface area contributed by atoms with Crippen molar-refractivity contribution >= 4 is 11.7 Å². The number of nitrogens with one attached hydrogen (secondary N) is 2. The lowest BCUT2D eigenvalue weighted by Crippen LogP contribution is -2.31. The first-order chi connectivity index (χ1) is 7.13. The second-order valence-corrected chi connectivity index (χ2v) is 3.42. The minimum atomic E-state index is -0.294. The van der Waals surface area contributed by atoms with E-state index in [2.05, 4.69) is 10.6 Å². The van der Waals surface area contributed by atoms with E-state index in [1.165, 1.54) is 0 Å². The Morgan fingerprint density at radius 3 is 2.80 bits per heavy atom. The molecule has 0 spiro atoms. The highest BCUT2D eigenvalue weighted by Gasteiger charge is 2.03. The third kappa shape index (κ3) is 3.59. The van der Waals surface area contributed by atoms with Crippen LogP contribution in [0.3, 0.4) is 0 Å². The maximum Gasteiger partial charge on any atom is 0.319 e. The summed E-state index contributed by atoms with van der Waals surface area (Å²) >= 11 is 0. The summed E-state index contributed by atoms with van der Waals surface area (Å²) in [6, 6.07) is 5.56. The van der Waals surface area contributed by atoms with Crippen LogP contribution in [0.2, 0.25) is 0 Å². The molecule has 0 atom stereocenters. The molecular weight excluding hydrogens is 192 g/mol. The minimum absolute atomic E-state index is 0.0553. The van der Waals surface area contributed by atoms with Gasteiger partial charge in [-0.05, 0) is 31.0 Å². The quantitative estimate of drug-likeness (QED) is 0.703. The summed E-state index contributed by atoms with van der Waals surface area (Å²) in [5.74, 6) is 0. The Morgan fingerprint density at radius 2 is 2.13 bits per heavy atom. The fourth-order valence-electron chi connectivity index (χ4n) is 1.21. The SMILES string of the molecule is Cc1ccc(C)c(NC(=O)NCCO)c1. The van der Waals surface area contributed by atoms with Gasteiger partial charge in [-0.2, -0.15) is 0 Å². The van der Waals surface area contributed by atoms with E-state index in [9.17, 15) is 4.79 Å². The van der Waals surface area contributed by atoms with Crippen LogP contribution in [-0.4, -0.2) is 24.3 Å². The second-order valence-electron chi connectivity index (χ2n) is 3.42. The number of rotatable bonds is 3. The van der Waals surface area contributed by atoms with E-state index in [1.807, 2.05) is 32.0 Å². The highest BCUT2D eigenvalue weighted by Crippen LogP contribution is 2.15. The van der Waals surface area contributed by atoms with Crippen molar-refractivity contribution in [1.29, 1.82) is 0 Å². The van der Waals surface area contributed by atoms with Gasteiger partial charge in [0.05, 0.1) is 6.61 Å². The lowest BCUT2D eigenvalue weighted by molar-refractivity contribution is 0.245. The van der Waals surface area contributed by atoms with Gasteiger partial charge >= 0.3 is 6.03 Å². The molecule has 0 saturated heterocycles. The fourth-order valence-corrected chi connectivity index (χ4v) is 1.21. The molecular formula is C11H16N2O2. The van der Waals surface area contributed by atoms with Gasteiger partial charge in [0.25, 0.3) is 0 Å². The van der Waals surface area contributed by atoms with Gasteiger partial charge in [0.15, 0.2) is 0 Å². The molecule has 2 amide bonds. The number of hydrogen-bond donors (Lipinski definition) is 3. The zero-order valence-electron chi connectivity index (χ0n) is 9.00. The van der Waals surface area contributed by atoms with Crippen LogP contribution in [0.1, 0.15) is 11.1 Å². The Hall–Kier alpha value is -1.55. The molecule has 0 aromatic heterocycles. The molecule has 4 heteroatoms. The van der Waals surface area contributed by atoms with E-state index in [1.54, 1.807) is 0 Å². The van der Waals surface area contributed by atoms with Gasteiger partial charge in [0.2, 0.25) is 0 Å². The van der Waals surface area contributed by atoms with Gasteiger partial charge in [0.1, 0.15) is 0 Å². The van der Waals surface area contributed by atoms with Crippen LogP contribution in [0.15, 0.2) is 18.2 Å². The highest BCUT2D eigenvalue weighted by molar-refractivity contribution is 5.90. The maximum atomic E-state index is 11.3. The van der Waals surface area contributed by atoms with Crippen molar-refractivity contribution in [3.05, 3.63) is 29.3 Å². The molecule has 15 heavy (non-hydrogen) atoms. The van der Waals surface area contributed by atoms with Gasteiger partial charge in [0, 0.05) is 12.2 Å². The van der Waals surface area contributed by atoms with Crippen molar-refractivity contribution in [2.75, 3.05) is 18.5 Å². The average molecular weight is 208 g/mol. The normalized spacial score (nSPS) is 9.80. The molecule has 0 aliphatic carbocycles. The molecule has 1 aromatic carbocycles. The van der Waals surface area contributed by atoms with E-state index in [0.717, 1.165) is 16.8 Å². The number of aliphatic hydroxyl groups is 1. The molecule has 4 nitrogen and oxygen atoms in total. The van der Waals surface area contributed by atoms with E-state index in [-0.39, 0.29) is 19.2 Å². The Kier molecular flexibility index (Phi) is 4.12. The number of urea groups is 1. The first-order valence-corrected chi connectivity index (χ1v) is 4.86. The number of carbonyl (C=O) groups excluding carboxylic acids is 1. The lowest BCUT2D eigenvalue weighted by Gasteiger charge is -2.09. The first-order valence-electron chi connectivity index (χ1n) is 4.86. The highest BCUT2D eigenvalue weighted by atomic mass is 16.3. The number of aliphatic hydroxyl groups excluding tert-OH is 1. The summed E-state index contributed by atoms with van der Waals surface area (Å²) in [6.45, 7) is 4.11. The lowest BCUT2D eigenvalue weighted by atomic mass is 10.1. The summed E-state index contributed by atoms with van der Waals surface area (Å²) in [6.07, 6.45) is 0. The molecule has 0 radical (unpaired) electrons. The summed E-state index contributed by atoms with van der Waals surface area (Å²) < 4.78 is 0. The van der Waals surface area contributed by atoms with Crippen LogP contribution in [0.5, 0.6) is 0 Å². The van der Waals surface area contributed by atoms with E-state index < -0.39 is 0 Å². The predicted octanol–water partition coefficient (Wildman–Crippen LogP) is 1.42. The van der Waals surface area contributed by atoms with Crippen molar-refractivity contribution in [3.8, 4) is 0 Å². The average Bonchev–Trinajstić information content (AvgIpc) is 2.20. The van der Waals surface area contributed by atoms with Crippen LogP contribution >= 0.6 is 0 Å². The van der Waals surface area contributed by atoms with Crippen molar-refractivity contribution in [2.24, 2.45) is 0 Å². The molecule has 0 heterocycles. The molecule has 0 aliphatic heterocycles. The zero-order valence-corrected chi connectivity index (χ0v) is 9.00. The van der Waals surface area contributed by atoms with Gasteiger partial charge < -0.3 is 15.7 Å². The van der Waals surface area contributed by atoms with Crippen molar-refractivity contribution in [1.82, 2.24) is 5.32 Å².